The fourth-order valence-corrected chi connectivity index (χ4v) is 0. The molecular formula is H7CdCuInSe2. The summed E-state index contributed by atoms with van der Waals surface area (Å²) in [7, 11) is 0. The zero-order chi connectivity index (χ0) is 0. The van der Waals surface area contributed by atoms with E-state index in [-0.39, 0.29) is 104 Å². The topological polar surface area (TPSA) is 0 Å². The first-order chi connectivity index (χ1) is 0. The van der Waals surface area contributed by atoms with Crippen LogP contribution in [0, 0.1) is 0 Å². The van der Waals surface area contributed by atoms with Crippen LogP contribution in [0.25, 0.3) is 0 Å². The SMILES string of the molecule is [Cd].[Cu].[InH3].[SeH2].[SeH2]. The molecule has 0 aliphatic rings. The molecule has 0 N–H and O–H groups in total. The number of hydrogen-bond acceptors (Lipinski definition) is 0. The maximum atomic E-state index is 0. The number of rotatable bonds is 0. The molecule has 0 rings (SSSR count). The van der Waals surface area contributed by atoms with Crippen LogP contribution in [0.15, 0.2) is 0 Å². The summed E-state index contributed by atoms with van der Waals surface area (Å²) < 4.78 is 0. The fraction of sp³-hybridized carbons (Fsp3) is 0. The summed E-state index contributed by atoms with van der Waals surface area (Å²) in [6, 6.07) is 0. The fourth-order valence-electron chi connectivity index (χ4n) is 0. The Hall–Kier alpha value is 3.35. The molecule has 0 bridgehead atoms. The van der Waals surface area contributed by atoms with Gasteiger partial charge in [0.15, 0.2) is 0 Å². The van der Waals surface area contributed by atoms with Crippen LogP contribution in [0.3, 0.4) is 0 Å². The number of hydrogen-bond donors (Lipinski definition) is 0. The van der Waals surface area contributed by atoms with Crippen molar-refractivity contribution in [3.8, 4) is 0 Å². The van der Waals surface area contributed by atoms with Gasteiger partial charge in [0.2, 0.25) is 0 Å². The van der Waals surface area contributed by atoms with Gasteiger partial charge in [-0.3, -0.25) is 0 Å². The van der Waals surface area contributed by atoms with E-state index >= 15 is 0 Å². The molecule has 0 fully saturated rings. The molecule has 5 heteroatoms. The van der Waals surface area contributed by atoms with Crippen molar-refractivity contribution in [1.82, 2.24) is 0 Å². The van der Waals surface area contributed by atoms with Crippen molar-refractivity contribution in [2.75, 3.05) is 0 Å². The van der Waals surface area contributed by atoms with Gasteiger partial charge < -0.3 is 0 Å². The molecule has 0 aliphatic heterocycles. The first-order valence-electron chi connectivity index (χ1n) is 0. The monoisotopic (exact) mass is 459 g/mol. The van der Waals surface area contributed by atoms with Crippen molar-refractivity contribution < 1.29 is 44.4 Å². The Morgan fingerprint density at radius 2 is 0.800 bits per heavy atom. The van der Waals surface area contributed by atoms with Gasteiger partial charge in [-0.25, -0.2) is 0 Å². The molecule has 0 atom stereocenters. The second-order valence-corrected chi connectivity index (χ2v) is 0. The molecule has 1 radical (unpaired) electrons. The average molecular weight is 456 g/mol. The second kappa shape index (κ2) is 26.4. The van der Waals surface area contributed by atoms with Crippen molar-refractivity contribution in [1.29, 1.82) is 0 Å². The first-order valence-corrected chi connectivity index (χ1v) is 0. The summed E-state index contributed by atoms with van der Waals surface area (Å²) in [5, 5.41) is 0. The molecule has 0 saturated heterocycles. The quantitative estimate of drug-likeness (QED) is 0.341. The Bertz CT molecular complexity index is 9.61. The van der Waals surface area contributed by atoms with E-state index in [9.17, 15) is 0 Å². The molecule has 35 valence electrons. The second-order valence-electron chi connectivity index (χ2n) is 0. The Labute approximate surface area is 102 Å². The van der Waals surface area contributed by atoms with E-state index in [1.54, 1.807) is 0 Å². The summed E-state index contributed by atoms with van der Waals surface area (Å²) >= 11 is 0. The molecule has 0 heterocycles. The third-order valence-electron chi connectivity index (χ3n) is 0. The molecule has 5 heavy (non-hydrogen) atoms. The third kappa shape index (κ3) is 18.7. The van der Waals surface area contributed by atoms with Gasteiger partial charge in [-0.05, 0) is 0 Å². The minimum absolute atomic E-state index is 0. The molecule has 0 aliphatic carbocycles. The maximum absolute atomic E-state index is 0. The van der Waals surface area contributed by atoms with Crippen molar-refractivity contribution in [2.45, 2.75) is 0 Å². The molecule has 0 nitrogen and oxygen atoms in total. The molecule has 0 aromatic heterocycles. The van der Waals surface area contributed by atoms with Crippen LogP contribution in [0.2, 0.25) is 0 Å². The summed E-state index contributed by atoms with van der Waals surface area (Å²) in [4.78, 5) is 0. The van der Waals surface area contributed by atoms with E-state index in [0.29, 0.717) is 0 Å². The molecule has 0 aromatic rings. The predicted octanol–water partition coefficient (Wildman–Crippen LogP) is -3.02. The van der Waals surface area contributed by atoms with Crippen LogP contribution < -0.4 is 0 Å². The van der Waals surface area contributed by atoms with Crippen LogP contribution in [0.5, 0.6) is 0 Å². The van der Waals surface area contributed by atoms with Crippen molar-refractivity contribution in [2.24, 2.45) is 0 Å². The normalized spacial score (nSPS) is 0. The molecule has 0 saturated carbocycles. The van der Waals surface area contributed by atoms with Crippen LogP contribution >= 0.6 is 0 Å². The molecule has 0 aromatic carbocycles. The average Bonchev–Trinajstić information content (AvgIpc) is 0. The first kappa shape index (κ1) is 40.2. The van der Waals surface area contributed by atoms with Gasteiger partial charge in [0.25, 0.3) is 0 Å². The van der Waals surface area contributed by atoms with Crippen LogP contribution in [-0.2, 0) is 44.4 Å². The van der Waals surface area contributed by atoms with E-state index in [2.05, 4.69) is 0 Å². The van der Waals surface area contributed by atoms with Gasteiger partial charge in [-0.2, -0.15) is 0 Å². The summed E-state index contributed by atoms with van der Waals surface area (Å²) in [6.07, 6.45) is 0. The summed E-state index contributed by atoms with van der Waals surface area (Å²) in [5.74, 6) is 0. The van der Waals surface area contributed by atoms with Gasteiger partial charge in [0, 0.05) is 44.4 Å². The Kier molecular flexibility index (Phi) is 212. The molecular weight excluding hydrogens is 449 g/mol. The van der Waals surface area contributed by atoms with E-state index in [4.69, 9.17) is 0 Å². The van der Waals surface area contributed by atoms with Crippen molar-refractivity contribution in [3.05, 3.63) is 0 Å². The molecule has 0 amide bonds. The zero-order valence-corrected chi connectivity index (χ0v) is 11.2. The van der Waals surface area contributed by atoms with Crippen LogP contribution in [0.4, 0.5) is 0 Å². The van der Waals surface area contributed by atoms with Crippen molar-refractivity contribution >= 4 is 60.0 Å². The predicted molar refractivity (Wildman–Crippen MR) is 27.0 cm³/mol. The van der Waals surface area contributed by atoms with Gasteiger partial charge in [0.1, 0.15) is 0 Å². The van der Waals surface area contributed by atoms with E-state index in [1.807, 2.05) is 0 Å². The Morgan fingerprint density at radius 1 is 0.800 bits per heavy atom. The Morgan fingerprint density at radius 3 is 0.800 bits per heavy atom. The van der Waals surface area contributed by atoms with Crippen LogP contribution in [0.1, 0.15) is 0 Å². The molecule has 0 spiro atoms. The standard InChI is InChI=1S/Cd.Cu.In.2H2Se.3H/h;;;2*1H2;;;. The Balaban J connectivity index is 0. The summed E-state index contributed by atoms with van der Waals surface area (Å²) in [6.45, 7) is 0. The van der Waals surface area contributed by atoms with Gasteiger partial charge >= 0.3 is 60.0 Å². The third-order valence-corrected chi connectivity index (χ3v) is 0. The molecule has 0 unspecified atom stereocenters. The minimum atomic E-state index is 0. The summed E-state index contributed by atoms with van der Waals surface area (Å²) in [5.41, 5.74) is 0. The van der Waals surface area contributed by atoms with E-state index < -0.39 is 0 Å². The van der Waals surface area contributed by atoms with Crippen molar-refractivity contribution in [3.63, 3.8) is 0 Å². The van der Waals surface area contributed by atoms with Crippen LogP contribution in [-0.4, -0.2) is 60.0 Å². The van der Waals surface area contributed by atoms with E-state index in [1.165, 1.54) is 0 Å². The van der Waals surface area contributed by atoms with E-state index in [0.717, 1.165) is 0 Å². The zero-order valence-electron chi connectivity index (χ0n) is 2.01. The van der Waals surface area contributed by atoms with Gasteiger partial charge in [-0.15, -0.1) is 0 Å². The van der Waals surface area contributed by atoms with Gasteiger partial charge in [-0.1, -0.05) is 0 Å². The van der Waals surface area contributed by atoms with Gasteiger partial charge in [0.05, 0.1) is 0 Å².